The van der Waals surface area contributed by atoms with Gasteiger partial charge in [0.25, 0.3) is 16.0 Å². The Balaban J connectivity index is 2.10. The number of carbonyl (C=O) groups excluding carboxylic acids is 1. The van der Waals surface area contributed by atoms with E-state index in [0.717, 1.165) is 17.7 Å². The van der Waals surface area contributed by atoms with Gasteiger partial charge in [-0.2, -0.15) is 13.7 Å². The lowest BCUT2D eigenvalue weighted by Crippen LogP contribution is -2.14. The molecule has 0 heterocycles. The zero-order valence-electron chi connectivity index (χ0n) is 13.5. The number of halogens is 1. The summed E-state index contributed by atoms with van der Waals surface area (Å²) in [6.07, 6.45) is 1.24. The van der Waals surface area contributed by atoms with Crippen molar-refractivity contribution in [1.29, 1.82) is 5.26 Å². The van der Waals surface area contributed by atoms with Crippen LogP contribution in [0.1, 0.15) is 5.56 Å². The number of hydrogen-bond acceptors (Lipinski definition) is 5. The van der Waals surface area contributed by atoms with Gasteiger partial charge in [-0.15, -0.1) is 0 Å². The van der Waals surface area contributed by atoms with E-state index >= 15 is 0 Å². The molecule has 9 heteroatoms. The Morgan fingerprint density at radius 1 is 1.19 bits per heavy atom. The van der Waals surface area contributed by atoms with Gasteiger partial charge in [0.15, 0.2) is 0 Å². The Morgan fingerprint density at radius 2 is 1.81 bits per heavy atom. The monoisotopic (exact) mass is 391 g/mol. The highest BCUT2D eigenvalue weighted by atomic mass is 35.5. The summed E-state index contributed by atoms with van der Waals surface area (Å²) < 4.78 is 30.9. The molecule has 0 aliphatic heterocycles. The third kappa shape index (κ3) is 5.07. The summed E-state index contributed by atoms with van der Waals surface area (Å²) in [6.45, 7) is 1.85. The van der Waals surface area contributed by atoms with Crippen molar-refractivity contribution in [3.05, 3.63) is 64.8 Å². The summed E-state index contributed by atoms with van der Waals surface area (Å²) in [5.74, 6) is -0.683. The van der Waals surface area contributed by atoms with Crippen LogP contribution in [0.5, 0.6) is 0 Å². The first kappa shape index (κ1) is 19.5. The fraction of sp³-hybridized carbons (Fsp3) is 0.0588. The predicted octanol–water partition coefficient (Wildman–Crippen LogP) is 3.35. The van der Waals surface area contributed by atoms with E-state index in [1.807, 2.05) is 6.92 Å². The Kier molecular flexibility index (Phi) is 6.00. The highest BCUT2D eigenvalue weighted by Gasteiger charge is 2.12. The molecule has 3 N–H and O–H groups in total. The second kappa shape index (κ2) is 8.01. The molecule has 0 fully saturated rings. The van der Waals surface area contributed by atoms with Crippen LogP contribution in [0.3, 0.4) is 0 Å². The molecule has 2 aromatic rings. The highest BCUT2D eigenvalue weighted by Crippen LogP contribution is 2.20. The third-order valence-electron chi connectivity index (χ3n) is 3.33. The molecule has 134 valence electrons. The van der Waals surface area contributed by atoms with E-state index in [1.165, 1.54) is 18.3 Å². The van der Waals surface area contributed by atoms with Crippen LogP contribution in [-0.2, 0) is 14.9 Å². The SMILES string of the molecule is Cc1ccc(N/C=C(/C#N)C(=O)Nc2ccc(S(=O)(=O)O)cc2)cc1Cl. The van der Waals surface area contributed by atoms with Gasteiger partial charge < -0.3 is 10.6 Å². The Morgan fingerprint density at radius 3 is 2.35 bits per heavy atom. The van der Waals surface area contributed by atoms with Crippen LogP contribution >= 0.6 is 11.6 Å². The van der Waals surface area contributed by atoms with Gasteiger partial charge in [-0.25, -0.2) is 0 Å². The van der Waals surface area contributed by atoms with Crippen molar-refractivity contribution in [1.82, 2.24) is 0 Å². The maximum atomic E-state index is 12.1. The molecule has 0 aliphatic carbocycles. The fourth-order valence-electron chi connectivity index (χ4n) is 1.90. The molecule has 2 rings (SSSR count). The summed E-state index contributed by atoms with van der Waals surface area (Å²) in [6, 6.07) is 11.8. The van der Waals surface area contributed by atoms with Gasteiger partial charge in [0, 0.05) is 22.6 Å². The molecule has 0 radical (unpaired) electrons. The topological polar surface area (TPSA) is 119 Å². The van der Waals surface area contributed by atoms with Crippen LogP contribution in [0, 0.1) is 18.3 Å². The molecule has 0 saturated carbocycles. The van der Waals surface area contributed by atoms with Gasteiger partial charge in [0.05, 0.1) is 4.90 Å². The van der Waals surface area contributed by atoms with Gasteiger partial charge in [0.1, 0.15) is 11.6 Å². The van der Waals surface area contributed by atoms with Crippen molar-refractivity contribution < 1.29 is 17.8 Å². The van der Waals surface area contributed by atoms with Gasteiger partial charge in [-0.3, -0.25) is 9.35 Å². The lowest BCUT2D eigenvalue weighted by atomic mass is 10.2. The van der Waals surface area contributed by atoms with E-state index < -0.39 is 16.0 Å². The Bertz CT molecular complexity index is 1010. The molecular formula is C17H14ClN3O4S. The Labute approximate surface area is 155 Å². The number of benzene rings is 2. The minimum Gasteiger partial charge on any atom is -0.360 e. The minimum absolute atomic E-state index is 0.194. The van der Waals surface area contributed by atoms with E-state index in [1.54, 1.807) is 24.3 Å². The molecule has 7 nitrogen and oxygen atoms in total. The summed E-state index contributed by atoms with van der Waals surface area (Å²) in [4.78, 5) is 11.8. The van der Waals surface area contributed by atoms with Crippen LogP contribution in [0.25, 0.3) is 0 Å². The summed E-state index contributed by atoms with van der Waals surface area (Å²) in [5.41, 5.74) is 1.58. The standard InChI is InChI=1S/C17H14ClN3O4S/c1-11-2-3-14(8-16(11)18)20-10-12(9-19)17(22)21-13-4-6-15(7-5-13)26(23,24)25/h2-8,10,20H,1H3,(H,21,22)(H,23,24,25)/b12-10-. The number of nitrogens with one attached hydrogen (secondary N) is 2. The quantitative estimate of drug-likeness (QED) is 0.408. The summed E-state index contributed by atoms with van der Waals surface area (Å²) >= 11 is 6.01. The number of rotatable bonds is 5. The molecule has 0 bridgehead atoms. The van der Waals surface area contributed by atoms with Crippen molar-refractivity contribution in [3.8, 4) is 6.07 Å². The lowest BCUT2D eigenvalue weighted by Gasteiger charge is -2.07. The molecule has 0 aromatic heterocycles. The van der Waals surface area contributed by atoms with Crippen molar-refractivity contribution in [2.75, 3.05) is 10.6 Å². The molecule has 0 unspecified atom stereocenters. The number of anilines is 2. The zero-order valence-corrected chi connectivity index (χ0v) is 15.1. The van der Waals surface area contributed by atoms with Crippen LogP contribution in [0.4, 0.5) is 11.4 Å². The van der Waals surface area contributed by atoms with Gasteiger partial charge in [0.2, 0.25) is 0 Å². The second-order valence-electron chi connectivity index (χ2n) is 5.23. The van der Waals surface area contributed by atoms with E-state index in [-0.39, 0.29) is 16.2 Å². The summed E-state index contributed by atoms with van der Waals surface area (Å²) in [7, 11) is -4.31. The normalized spacial score (nSPS) is 11.5. The number of nitriles is 1. The molecule has 0 aliphatic rings. The van der Waals surface area contributed by atoms with Gasteiger partial charge in [-0.05, 0) is 48.9 Å². The smallest absolute Gasteiger partial charge is 0.294 e. The van der Waals surface area contributed by atoms with Crippen molar-refractivity contribution in [2.24, 2.45) is 0 Å². The molecule has 1 amide bonds. The first-order valence-electron chi connectivity index (χ1n) is 7.22. The first-order valence-corrected chi connectivity index (χ1v) is 9.04. The van der Waals surface area contributed by atoms with Crippen LogP contribution in [0.15, 0.2) is 59.1 Å². The molecule has 0 saturated heterocycles. The van der Waals surface area contributed by atoms with Crippen LogP contribution in [0.2, 0.25) is 5.02 Å². The average Bonchev–Trinajstić information content (AvgIpc) is 2.58. The van der Waals surface area contributed by atoms with E-state index in [0.29, 0.717) is 10.7 Å². The van der Waals surface area contributed by atoms with Gasteiger partial charge >= 0.3 is 0 Å². The van der Waals surface area contributed by atoms with Crippen molar-refractivity contribution >= 4 is 39.0 Å². The van der Waals surface area contributed by atoms with Crippen LogP contribution in [-0.4, -0.2) is 18.9 Å². The lowest BCUT2D eigenvalue weighted by molar-refractivity contribution is -0.112. The number of nitrogens with zero attached hydrogens (tertiary/aromatic N) is 1. The minimum atomic E-state index is -4.31. The predicted molar refractivity (Wildman–Crippen MR) is 98.4 cm³/mol. The Hall–Kier alpha value is -2.86. The molecule has 0 spiro atoms. The number of carbonyl (C=O) groups is 1. The molecular weight excluding hydrogens is 378 g/mol. The van der Waals surface area contributed by atoms with Crippen molar-refractivity contribution in [3.63, 3.8) is 0 Å². The summed E-state index contributed by atoms with van der Waals surface area (Å²) in [5, 5.41) is 15.0. The molecule has 26 heavy (non-hydrogen) atoms. The highest BCUT2D eigenvalue weighted by molar-refractivity contribution is 7.85. The first-order chi connectivity index (χ1) is 12.2. The van der Waals surface area contributed by atoms with Crippen LogP contribution < -0.4 is 10.6 Å². The number of amides is 1. The largest absolute Gasteiger partial charge is 0.360 e. The maximum Gasteiger partial charge on any atom is 0.294 e. The maximum absolute atomic E-state index is 12.1. The fourth-order valence-corrected chi connectivity index (χ4v) is 2.56. The number of aryl methyl sites for hydroxylation is 1. The van der Waals surface area contributed by atoms with E-state index in [4.69, 9.17) is 21.4 Å². The second-order valence-corrected chi connectivity index (χ2v) is 7.06. The zero-order chi connectivity index (χ0) is 19.3. The third-order valence-corrected chi connectivity index (χ3v) is 4.61. The average molecular weight is 392 g/mol. The molecule has 0 atom stereocenters. The van der Waals surface area contributed by atoms with Gasteiger partial charge in [-0.1, -0.05) is 17.7 Å². The van der Waals surface area contributed by atoms with E-state index in [9.17, 15) is 13.2 Å². The number of hydrogen-bond donors (Lipinski definition) is 3. The molecule has 2 aromatic carbocycles. The van der Waals surface area contributed by atoms with E-state index in [2.05, 4.69) is 10.6 Å². The van der Waals surface area contributed by atoms with Crippen molar-refractivity contribution in [2.45, 2.75) is 11.8 Å².